The largest absolute Gasteiger partial charge is 0.445 e. The van der Waals surface area contributed by atoms with Crippen LogP contribution in [-0.2, 0) is 19.3 Å². The quantitative estimate of drug-likeness (QED) is 0.918. The van der Waals surface area contributed by atoms with Crippen molar-refractivity contribution in [2.75, 3.05) is 6.54 Å². The highest BCUT2D eigenvalue weighted by molar-refractivity contribution is 5.25. The zero-order valence-electron chi connectivity index (χ0n) is 11.4. The third kappa shape index (κ3) is 2.71. The first-order chi connectivity index (χ1) is 9.24. The lowest BCUT2D eigenvalue weighted by molar-refractivity contribution is 0.399. The minimum Gasteiger partial charge on any atom is -0.445 e. The first-order valence-electron chi connectivity index (χ1n) is 6.97. The van der Waals surface area contributed by atoms with Crippen molar-refractivity contribution in [2.45, 2.75) is 32.6 Å². The number of benzene rings is 1. The fraction of sp³-hybridized carbons (Fsp3) is 0.438. The van der Waals surface area contributed by atoms with Gasteiger partial charge in [-0.15, -0.1) is 0 Å². The van der Waals surface area contributed by atoms with Gasteiger partial charge in [0, 0.05) is 12.8 Å². The van der Waals surface area contributed by atoms with Gasteiger partial charge in [0.15, 0.2) is 5.89 Å². The van der Waals surface area contributed by atoms with Crippen LogP contribution >= 0.6 is 0 Å². The van der Waals surface area contributed by atoms with Crippen molar-refractivity contribution in [3.05, 3.63) is 52.7 Å². The highest BCUT2D eigenvalue weighted by Crippen LogP contribution is 2.26. The van der Waals surface area contributed by atoms with E-state index in [-0.39, 0.29) is 0 Å². The maximum atomic E-state index is 5.89. The monoisotopic (exact) mass is 256 g/mol. The molecule has 1 aliphatic carbocycles. The van der Waals surface area contributed by atoms with Crippen LogP contribution in [0, 0.1) is 12.8 Å². The van der Waals surface area contributed by atoms with Crippen molar-refractivity contribution >= 4 is 0 Å². The second kappa shape index (κ2) is 5.17. The second-order valence-electron chi connectivity index (χ2n) is 5.49. The van der Waals surface area contributed by atoms with Crippen molar-refractivity contribution in [2.24, 2.45) is 11.7 Å². The molecule has 1 aromatic heterocycles. The van der Waals surface area contributed by atoms with Gasteiger partial charge in [0.2, 0.25) is 0 Å². The number of aryl methyl sites for hydroxylation is 2. The van der Waals surface area contributed by atoms with E-state index in [9.17, 15) is 0 Å². The number of oxazole rings is 1. The topological polar surface area (TPSA) is 52.0 Å². The molecule has 0 saturated carbocycles. The summed E-state index contributed by atoms with van der Waals surface area (Å²) in [6.45, 7) is 2.86. The Labute approximate surface area is 113 Å². The summed E-state index contributed by atoms with van der Waals surface area (Å²) in [7, 11) is 0. The molecule has 0 spiro atoms. The maximum Gasteiger partial charge on any atom is 0.199 e. The number of rotatable bonds is 3. The van der Waals surface area contributed by atoms with E-state index in [0.717, 1.165) is 49.6 Å². The van der Waals surface area contributed by atoms with Crippen molar-refractivity contribution in [3.8, 4) is 0 Å². The van der Waals surface area contributed by atoms with Crippen LogP contribution in [0.15, 0.2) is 28.7 Å². The van der Waals surface area contributed by atoms with E-state index in [4.69, 9.17) is 10.2 Å². The minimum atomic E-state index is 0.574. The van der Waals surface area contributed by atoms with Gasteiger partial charge in [0.1, 0.15) is 5.76 Å². The van der Waals surface area contributed by atoms with E-state index in [1.807, 2.05) is 0 Å². The zero-order valence-corrected chi connectivity index (χ0v) is 11.4. The van der Waals surface area contributed by atoms with Crippen LogP contribution in [0.2, 0.25) is 0 Å². The van der Waals surface area contributed by atoms with Gasteiger partial charge in [-0.3, -0.25) is 0 Å². The summed E-state index contributed by atoms with van der Waals surface area (Å²) in [5.41, 5.74) is 9.41. The molecule has 3 heteroatoms. The first-order valence-corrected chi connectivity index (χ1v) is 6.97. The molecule has 1 aromatic carbocycles. The number of nitrogens with two attached hydrogens (primary N) is 1. The molecule has 0 aliphatic heterocycles. The molecular formula is C16H20N2O. The maximum absolute atomic E-state index is 5.89. The Bertz CT molecular complexity index is 574. The fourth-order valence-corrected chi connectivity index (χ4v) is 2.78. The van der Waals surface area contributed by atoms with Gasteiger partial charge >= 0.3 is 0 Å². The predicted molar refractivity (Wildman–Crippen MR) is 75.1 cm³/mol. The standard InChI is InChI=1S/C16H20N2O/c1-11-3-2-4-12(7-11)9-16-18-14-8-13(10-17)5-6-15(14)19-16/h2-4,7,13H,5-6,8-10,17H2,1H3. The van der Waals surface area contributed by atoms with Crippen LogP contribution < -0.4 is 5.73 Å². The second-order valence-corrected chi connectivity index (χ2v) is 5.49. The van der Waals surface area contributed by atoms with Crippen LogP contribution in [0.25, 0.3) is 0 Å². The summed E-state index contributed by atoms with van der Waals surface area (Å²) in [5.74, 6) is 2.49. The van der Waals surface area contributed by atoms with Gasteiger partial charge in [-0.25, -0.2) is 4.98 Å². The van der Waals surface area contributed by atoms with E-state index < -0.39 is 0 Å². The SMILES string of the molecule is Cc1cccc(Cc2nc3c(o2)CCC(CN)C3)c1. The van der Waals surface area contributed by atoms with Crippen LogP contribution in [0.3, 0.4) is 0 Å². The van der Waals surface area contributed by atoms with Crippen molar-refractivity contribution in [1.29, 1.82) is 0 Å². The third-order valence-electron chi connectivity index (χ3n) is 3.86. The Balaban J connectivity index is 1.78. The molecule has 2 N–H and O–H groups in total. The third-order valence-corrected chi connectivity index (χ3v) is 3.86. The number of aromatic nitrogens is 1. The summed E-state index contributed by atoms with van der Waals surface area (Å²) in [5, 5.41) is 0. The highest BCUT2D eigenvalue weighted by Gasteiger charge is 2.23. The average molecular weight is 256 g/mol. The Hall–Kier alpha value is -1.61. The molecule has 19 heavy (non-hydrogen) atoms. The molecule has 1 aliphatic rings. The molecule has 2 aromatic rings. The van der Waals surface area contributed by atoms with Crippen LogP contribution in [0.4, 0.5) is 0 Å². The first kappa shape index (κ1) is 12.4. The van der Waals surface area contributed by atoms with Crippen molar-refractivity contribution in [3.63, 3.8) is 0 Å². The van der Waals surface area contributed by atoms with Gasteiger partial charge in [-0.1, -0.05) is 29.8 Å². The molecule has 1 atom stereocenters. The van der Waals surface area contributed by atoms with Crippen LogP contribution in [-0.4, -0.2) is 11.5 Å². The fourth-order valence-electron chi connectivity index (χ4n) is 2.78. The van der Waals surface area contributed by atoms with E-state index in [1.54, 1.807) is 0 Å². The van der Waals surface area contributed by atoms with Crippen molar-refractivity contribution in [1.82, 2.24) is 4.98 Å². The van der Waals surface area contributed by atoms with E-state index >= 15 is 0 Å². The van der Waals surface area contributed by atoms with Gasteiger partial charge < -0.3 is 10.2 Å². The molecule has 1 unspecified atom stereocenters. The lowest BCUT2D eigenvalue weighted by Gasteiger charge is -2.17. The summed E-state index contributed by atoms with van der Waals surface area (Å²) >= 11 is 0. The van der Waals surface area contributed by atoms with Gasteiger partial charge in [-0.05, 0) is 37.8 Å². The Morgan fingerprint density at radius 2 is 2.32 bits per heavy atom. The van der Waals surface area contributed by atoms with E-state index in [0.29, 0.717) is 5.92 Å². The Morgan fingerprint density at radius 1 is 1.42 bits per heavy atom. The number of hydrogen-bond acceptors (Lipinski definition) is 3. The molecule has 0 fully saturated rings. The summed E-state index contributed by atoms with van der Waals surface area (Å²) in [6, 6.07) is 8.50. The molecule has 0 bridgehead atoms. The average Bonchev–Trinajstić information content (AvgIpc) is 2.79. The molecule has 0 saturated heterocycles. The van der Waals surface area contributed by atoms with E-state index in [1.165, 1.54) is 11.1 Å². The summed E-state index contributed by atoms with van der Waals surface area (Å²) in [4.78, 5) is 4.65. The minimum absolute atomic E-state index is 0.574. The number of hydrogen-bond donors (Lipinski definition) is 1. The molecule has 0 amide bonds. The lowest BCUT2D eigenvalue weighted by atomic mass is 9.90. The Kier molecular flexibility index (Phi) is 3.38. The molecule has 0 radical (unpaired) electrons. The molecule has 3 rings (SSSR count). The summed E-state index contributed by atoms with van der Waals surface area (Å²) in [6.07, 6.45) is 3.87. The van der Waals surface area contributed by atoms with Crippen LogP contribution in [0.5, 0.6) is 0 Å². The molecule has 3 nitrogen and oxygen atoms in total. The summed E-state index contributed by atoms with van der Waals surface area (Å²) < 4.78 is 5.89. The number of nitrogens with zero attached hydrogens (tertiary/aromatic N) is 1. The highest BCUT2D eigenvalue weighted by atomic mass is 16.4. The normalized spacial score (nSPS) is 18.3. The lowest BCUT2D eigenvalue weighted by Crippen LogP contribution is -2.21. The zero-order chi connectivity index (χ0) is 13.2. The van der Waals surface area contributed by atoms with Gasteiger partial charge in [0.25, 0.3) is 0 Å². The number of fused-ring (bicyclic) bond motifs is 1. The predicted octanol–water partition coefficient (Wildman–Crippen LogP) is 2.64. The molecule has 100 valence electrons. The van der Waals surface area contributed by atoms with E-state index in [2.05, 4.69) is 36.2 Å². The van der Waals surface area contributed by atoms with Crippen molar-refractivity contribution < 1.29 is 4.42 Å². The Morgan fingerprint density at radius 3 is 3.11 bits per heavy atom. The smallest absolute Gasteiger partial charge is 0.199 e. The van der Waals surface area contributed by atoms with Gasteiger partial charge in [-0.2, -0.15) is 0 Å². The van der Waals surface area contributed by atoms with Gasteiger partial charge in [0.05, 0.1) is 5.69 Å². The molecular weight excluding hydrogens is 236 g/mol. The van der Waals surface area contributed by atoms with Crippen LogP contribution in [0.1, 0.15) is 34.9 Å². The molecule has 1 heterocycles.